The van der Waals surface area contributed by atoms with Gasteiger partial charge in [0.05, 0.1) is 18.1 Å². The summed E-state index contributed by atoms with van der Waals surface area (Å²) in [7, 11) is 0. The summed E-state index contributed by atoms with van der Waals surface area (Å²) in [6.07, 6.45) is 2.16. The maximum Gasteiger partial charge on any atom is 0.309 e. The highest BCUT2D eigenvalue weighted by molar-refractivity contribution is 6.02. The number of carbonyl (C=O) groups excluding carboxylic acids is 2. The largest absolute Gasteiger partial charge is 0.466 e. The SMILES string of the molecule is CCOC(=O)[C@@H]1CC[C@]2(C[C@H]1C)NC(=O)c1ccccc1N2. The van der Waals surface area contributed by atoms with Crippen LogP contribution in [0, 0.1) is 11.8 Å². The minimum Gasteiger partial charge on any atom is -0.466 e. The molecule has 1 aromatic rings. The van der Waals surface area contributed by atoms with Gasteiger partial charge in [-0.3, -0.25) is 9.59 Å². The van der Waals surface area contributed by atoms with Gasteiger partial charge < -0.3 is 15.4 Å². The highest BCUT2D eigenvalue weighted by atomic mass is 16.5. The van der Waals surface area contributed by atoms with Crippen LogP contribution >= 0.6 is 0 Å². The lowest BCUT2D eigenvalue weighted by Gasteiger charge is -2.46. The average Bonchev–Trinajstić information content (AvgIpc) is 2.47. The Kier molecular flexibility index (Phi) is 3.81. The summed E-state index contributed by atoms with van der Waals surface area (Å²) in [6.45, 7) is 4.29. The molecule has 1 spiro atoms. The van der Waals surface area contributed by atoms with Gasteiger partial charge in [0.2, 0.25) is 0 Å². The van der Waals surface area contributed by atoms with E-state index in [9.17, 15) is 9.59 Å². The highest BCUT2D eigenvalue weighted by Crippen LogP contribution is 2.40. The number of hydrogen-bond donors (Lipinski definition) is 2. The molecule has 0 bridgehead atoms. The maximum atomic E-state index is 12.3. The van der Waals surface area contributed by atoms with E-state index in [1.54, 1.807) is 0 Å². The first-order chi connectivity index (χ1) is 10.5. The fraction of sp³-hybridized carbons (Fsp3) is 0.529. The van der Waals surface area contributed by atoms with E-state index in [2.05, 4.69) is 17.6 Å². The highest BCUT2D eigenvalue weighted by Gasteiger charge is 2.45. The van der Waals surface area contributed by atoms with E-state index in [-0.39, 0.29) is 23.7 Å². The van der Waals surface area contributed by atoms with Crippen molar-refractivity contribution in [3.8, 4) is 0 Å². The molecule has 5 heteroatoms. The Balaban J connectivity index is 1.78. The van der Waals surface area contributed by atoms with Gasteiger partial charge in [-0.05, 0) is 44.2 Å². The second kappa shape index (κ2) is 5.63. The van der Waals surface area contributed by atoms with Crippen molar-refractivity contribution in [2.75, 3.05) is 11.9 Å². The summed E-state index contributed by atoms with van der Waals surface area (Å²) in [5.41, 5.74) is 1.09. The molecule has 1 heterocycles. The van der Waals surface area contributed by atoms with Crippen molar-refractivity contribution >= 4 is 17.6 Å². The molecule has 3 atom stereocenters. The predicted octanol–water partition coefficient (Wildman–Crippen LogP) is 2.54. The summed E-state index contributed by atoms with van der Waals surface area (Å²) >= 11 is 0. The van der Waals surface area contributed by atoms with Crippen molar-refractivity contribution in [3.63, 3.8) is 0 Å². The van der Waals surface area contributed by atoms with Gasteiger partial charge in [0.1, 0.15) is 5.66 Å². The first-order valence-corrected chi connectivity index (χ1v) is 7.91. The average molecular weight is 302 g/mol. The number of nitrogens with one attached hydrogen (secondary N) is 2. The van der Waals surface area contributed by atoms with Crippen LogP contribution in [0.15, 0.2) is 24.3 Å². The van der Waals surface area contributed by atoms with Crippen LogP contribution in [-0.4, -0.2) is 24.1 Å². The molecule has 5 nitrogen and oxygen atoms in total. The van der Waals surface area contributed by atoms with Crippen LogP contribution in [0.4, 0.5) is 5.69 Å². The lowest BCUT2D eigenvalue weighted by Crippen LogP contribution is -2.60. The molecular formula is C17H22N2O3. The second-order valence-corrected chi connectivity index (χ2v) is 6.29. The molecule has 1 fully saturated rings. The van der Waals surface area contributed by atoms with Crippen LogP contribution in [0.25, 0.3) is 0 Å². The minimum atomic E-state index is -0.451. The first-order valence-electron chi connectivity index (χ1n) is 7.91. The summed E-state index contributed by atoms with van der Waals surface area (Å²) in [6, 6.07) is 7.53. The number of ether oxygens (including phenoxy) is 1. The van der Waals surface area contributed by atoms with Crippen molar-refractivity contribution < 1.29 is 14.3 Å². The molecule has 1 aliphatic carbocycles. The number of carbonyl (C=O) groups is 2. The third kappa shape index (κ3) is 2.56. The number of rotatable bonds is 2. The molecule has 3 rings (SSSR count). The Morgan fingerprint density at radius 3 is 2.86 bits per heavy atom. The topological polar surface area (TPSA) is 67.4 Å². The molecule has 0 radical (unpaired) electrons. The molecule has 1 saturated carbocycles. The molecule has 118 valence electrons. The zero-order valence-corrected chi connectivity index (χ0v) is 13.0. The standard InChI is InChI=1S/C17H22N2O3/c1-3-22-16(21)12-8-9-17(10-11(12)2)18-14-7-5-4-6-13(14)15(20)19-17/h4-7,11-12,18H,3,8-10H2,1-2H3,(H,19,20)/t11-,12-,17-/m1/s1. The summed E-state index contributed by atoms with van der Waals surface area (Å²) in [5.74, 6) is -0.0872. The molecule has 2 N–H and O–H groups in total. The molecule has 2 aliphatic rings. The van der Waals surface area contributed by atoms with Crippen molar-refractivity contribution in [2.45, 2.75) is 38.8 Å². The zero-order chi connectivity index (χ0) is 15.7. The van der Waals surface area contributed by atoms with Gasteiger partial charge in [0.15, 0.2) is 0 Å². The normalized spacial score (nSPS) is 30.2. The van der Waals surface area contributed by atoms with Gasteiger partial charge >= 0.3 is 5.97 Å². The number of amides is 1. The number of fused-ring (bicyclic) bond motifs is 1. The molecular weight excluding hydrogens is 280 g/mol. The van der Waals surface area contributed by atoms with Gasteiger partial charge in [-0.1, -0.05) is 19.1 Å². The number of esters is 1. The monoisotopic (exact) mass is 302 g/mol. The van der Waals surface area contributed by atoms with Gasteiger partial charge in [-0.2, -0.15) is 0 Å². The van der Waals surface area contributed by atoms with Crippen molar-refractivity contribution in [1.82, 2.24) is 5.32 Å². The van der Waals surface area contributed by atoms with Crippen molar-refractivity contribution in [1.29, 1.82) is 0 Å². The quantitative estimate of drug-likeness (QED) is 0.824. The molecule has 22 heavy (non-hydrogen) atoms. The lowest BCUT2D eigenvalue weighted by molar-refractivity contribution is -0.151. The predicted molar refractivity (Wildman–Crippen MR) is 83.4 cm³/mol. The maximum absolute atomic E-state index is 12.3. The Labute approximate surface area is 130 Å². The Bertz CT molecular complexity index is 601. The Hall–Kier alpha value is -2.04. The number of hydrogen-bond acceptors (Lipinski definition) is 4. The van der Waals surface area contributed by atoms with Crippen LogP contribution in [0.2, 0.25) is 0 Å². The fourth-order valence-electron chi connectivity index (χ4n) is 3.67. The molecule has 0 saturated heterocycles. The number of anilines is 1. The second-order valence-electron chi connectivity index (χ2n) is 6.29. The molecule has 1 aliphatic heterocycles. The van der Waals surface area contributed by atoms with Gasteiger partial charge in [0.25, 0.3) is 5.91 Å². The summed E-state index contributed by atoms with van der Waals surface area (Å²) in [4.78, 5) is 24.4. The van der Waals surface area contributed by atoms with E-state index < -0.39 is 5.66 Å². The van der Waals surface area contributed by atoms with Crippen LogP contribution in [0.3, 0.4) is 0 Å². The van der Waals surface area contributed by atoms with Gasteiger partial charge in [-0.25, -0.2) is 0 Å². The third-order valence-corrected chi connectivity index (χ3v) is 4.73. The van der Waals surface area contributed by atoms with E-state index >= 15 is 0 Å². The van der Waals surface area contributed by atoms with E-state index in [0.717, 1.165) is 24.9 Å². The van der Waals surface area contributed by atoms with E-state index in [1.807, 2.05) is 31.2 Å². The van der Waals surface area contributed by atoms with Gasteiger partial charge in [0, 0.05) is 5.69 Å². The van der Waals surface area contributed by atoms with Crippen LogP contribution in [0.1, 0.15) is 43.5 Å². The fourth-order valence-corrected chi connectivity index (χ4v) is 3.67. The molecule has 0 unspecified atom stereocenters. The number of para-hydroxylation sites is 1. The van der Waals surface area contributed by atoms with Crippen molar-refractivity contribution in [2.24, 2.45) is 11.8 Å². The van der Waals surface area contributed by atoms with Crippen molar-refractivity contribution in [3.05, 3.63) is 29.8 Å². The van der Waals surface area contributed by atoms with Crippen LogP contribution in [0.5, 0.6) is 0 Å². The van der Waals surface area contributed by atoms with E-state index in [0.29, 0.717) is 12.2 Å². The molecule has 1 amide bonds. The molecule has 0 aromatic heterocycles. The van der Waals surface area contributed by atoms with Crippen LogP contribution in [-0.2, 0) is 9.53 Å². The summed E-state index contributed by atoms with van der Waals surface area (Å²) in [5, 5.41) is 6.59. The third-order valence-electron chi connectivity index (χ3n) is 4.73. The molecule has 1 aromatic carbocycles. The lowest BCUT2D eigenvalue weighted by atomic mass is 9.73. The number of benzene rings is 1. The van der Waals surface area contributed by atoms with E-state index in [4.69, 9.17) is 4.74 Å². The van der Waals surface area contributed by atoms with Crippen LogP contribution < -0.4 is 10.6 Å². The Morgan fingerprint density at radius 1 is 1.36 bits per heavy atom. The van der Waals surface area contributed by atoms with Gasteiger partial charge in [-0.15, -0.1) is 0 Å². The minimum absolute atomic E-state index is 0.0452. The van der Waals surface area contributed by atoms with E-state index in [1.165, 1.54) is 0 Å². The zero-order valence-electron chi connectivity index (χ0n) is 13.0. The smallest absolute Gasteiger partial charge is 0.309 e. The Morgan fingerprint density at radius 2 is 2.14 bits per heavy atom. The first kappa shape index (κ1) is 14.9. The summed E-state index contributed by atoms with van der Waals surface area (Å²) < 4.78 is 5.16.